The maximum absolute atomic E-state index is 12.6. The van der Waals surface area contributed by atoms with Gasteiger partial charge in [0.2, 0.25) is 5.91 Å². The van der Waals surface area contributed by atoms with Crippen LogP contribution in [0.4, 0.5) is 4.79 Å². The van der Waals surface area contributed by atoms with E-state index in [9.17, 15) is 9.59 Å². The smallest absolute Gasteiger partial charge is 0.317 e. The lowest BCUT2D eigenvalue weighted by atomic mass is 9.96. The minimum Gasteiger partial charge on any atom is -0.346 e. The maximum atomic E-state index is 12.6. The number of benzene rings is 1. The Kier molecular flexibility index (Phi) is 6.37. The molecule has 1 aromatic heterocycles. The molecule has 0 bridgehead atoms. The number of hydrogen-bond acceptors (Lipinski definition) is 2. The highest BCUT2D eigenvalue weighted by molar-refractivity contribution is 5.81. The second-order valence-electron chi connectivity index (χ2n) is 7.10. The van der Waals surface area contributed by atoms with Crippen LogP contribution in [0.5, 0.6) is 0 Å². The monoisotopic (exact) mass is 370 g/mol. The number of hydrogen-bond donors (Lipinski definition) is 1. The molecular weight excluding hydrogens is 340 g/mol. The van der Waals surface area contributed by atoms with Crippen LogP contribution in [0, 0.1) is 5.92 Å². The molecule has 2 aromatic rings. The van der Waals surface area contributed by atoms with Gasteiger partial charge in [-0.15, -0.1) is 0 Å². The molecule has 2 heterocycles. The third-order valence-corrected chi connectivity index (χ3v) is 5.44. The Morgan fingerprint density at radius 3 is 2.74 bits per heavy atom. The van der Waals surface area contributed by atoms with Gasteiger partial charge in [0.1, 0.15) is 0 Å². The number of nitrogens with zero attached hydrogens (tertiary/aromatic N) is 3. The van der Waals surface area contributed by atoms with Crippen molar-refractivity contribution in [2.45, 2.75) is 33.2 Å². The third-order valence-electron chi connectivity index (χ3n) is 5.44. The molecule has 0 radical (unpaired) electrons. The van der Waals surface area contributed by atoms with Gasteiger partial charge in [-0.2, -0.15) is 0 Å². The van der Waals surface area contributed by atoms with Gasteiger partial charge >= 0.3 is 6.03 Å². The van der Waals surface area contributed by atoms with Crippen molar-refractivity contribution in [1.29, 1.82) is 0 Å². The van der Waals surface area contributed by atoms with E-state index < -0.39 is 0 Å². The molecule has 1 aliphatic heterocycles. The lowest BCUT2D eigenvalue weighted by Crippen LogP contribution is -2.50. The molecule has 0 saturated carbocycles. The molecular formula is C21H30N4O2. The molecule has 6 nitrogen and oxygen atoms in total. The molecule has 6 heteroatoms. The van der Waals surface area contributed by atoms with Gasteiger partial charge in [-0.05, 0) is 44.2 Å². The van der Waals surface area contributed by atoms with E-state index >= 15 is 0 Å². The second-order valence-corrected chi connectivity index (χ2v) is 7.10. The summed E-state index contributed by atoms with van der Waals surface area (Å²) in [7, 11) is 0. The van der Waals surface area contributed by atoms with E-state index in [0.717, 1.165) is 39.0 Å². The number of piperidine rings is 1. The van der Waals surface area contributed by atoms with E-state index in [4.69, 9.17) is 0 Å². The van der Waals surface area contributed by atoms with Crippen LogP contribution in [0.2, 0.25) is 0 Å². The van der Waals surface area contributed by atoms with E-state index in [1.54, 1.807) is 4.90 Å². The minimum absolute atomic E-state index is 0.0662. The topological polar surface area (TPSA) is 57.6 Å². The van der Waals surface area contributed by atoms with Crippen LogP contribution in [0.15, 0.2) is 36.5 Å². The standard InChI is InChI=1S/C21H30N4O2/c1-3-23(4-2)20(26)18-9-7-13-25(16-18)21(27)22-12-15-24-14-11-17-8-5-6-10-19(17)24/h5-6,8,10-11,14,18H,3-4,7,9,12-13,15-16H2,1-2H3,(H,22,27)/t18-/m1/s1. The van der Waals surface area contributed by atoms with Gasteiger partial charge in [0, 0.05) is 51.0 Å². The Labute approximate surface area is 161 Å². The summed E-state index contributed by atoms with van der Waals surface area (Å²) in [4.78, 5) is 28.8. The van der Waals surface area contributed by atoms with Crippen molar-refractivity contribution in [1.82, 2.24) is 19.7 Å². The van der Waals surface area contributed by atoms with Gasteiger partial charge in [-0.25, -0.2) is 4.79 Å². The van der Waals surface area contributed by atoms with Crippen molar-refractivity contribution in [2.75, 3.05) is 32.7 Å². The van der Waals surface area contributed by atoms with Crippen LogP contribution in [0.3, 0.4) is 0 Å². The van der Waals surface area contributed by atoms with E-state index in [1.165, 1.54) is 10.9 Å². The molecule has 1 saturated heterocycles. The Bertz CT molecular complexity index is 781. The summed E-state index contributed by atoms with van der Waals surface area (Å²) < 4.78 is 2.15. The highest BCUT2D eigenvalue weighted by Crippen LogP contribution is 2.19. The predicted molar refractivity (Wildman–Crippen MR) is 108 cm³/mol. The summed E-state index contributed by atoms with van der Waals surface area (Å²) in [5.74, 6) is 0.106. The summed E-state index contributed by atoms with van der Waals surface area (Å²) in [5.41, 5.74) is 1.18. The van der Waals surface area contributed by atoms with Gasteiger partial charge in [-0.3, -0.25) is 4.79 Å². The fourth-order valence-electron chi connectivity index (χ4n) is 3.89. The van der Waals surface area contributed by atoms with Crippen molar-refractivity contribution < 1.29 is 9.59 Å². The maximum Gasteiger partial charge on any atom is 0.317 e. The molecule has 3 amide bonds. The van der Waals surface area contributed by atoms with Gasteiger partial charge in [-0.1, -0.05) is 18.2 Å². The van der Waals surface area contributed by atoms with Crippen molar-refractivity contribution in [3.8, 4) is 0 Å². The van der Waals surface area contributed by atoms with Gasteiger partial charge in [0.25, 0.3) is 0 Å². The molecule has 1 fully saturated rings. The number of aromatic nitrogens is 1. The average molecular weight is 370 g/mol. The first kappa shape index (κ1) is 19.3. The van der Waals surface area contributed by atoms with Crippen LogP contribution < -0.4 is 5.32 Å². The molecule has 146 valence electrons. The first-order valence-corrected chi connectivity index (χ1v) is 9.99. The molecule has 1 aliphatic rings. The molecule has 0 unspecified atom stereocenters. The van der Waals surface area contributed by atoms with E-state index in [2.05, 4.69) is 34.3 Å². The lowest BCUT2D eigenvalue weighted by Gasteiger charge is -2.34. The normalized spacial score (nSPS) is 17.1. The van der Waals surface area contributed by atoms with Crippen molar-refractivity contribution in [3.05, 3.63) is 36.5 Å². The highest BCUT2D eigenvalue weighted by atomic mass is 16.2. The Balaban J connectivity index is 1.51. The largest absolute Gasteiger partial charge is 0.346 e. The molecule has 1 atom stereocenters. The number of fused-ring (bicyclic) bond motifs is 1. The number of carbonyl (C=O) groups excluding carboxylic acids is 2. The summed E-state index contributed by atoms with van der Waals surface area (Å²) in [6.45, 7) is 8.00. The quantitative estimate of drug-likeness (QED) is 0.850. The van der Waals surface area contributed by atoms with E-state index in [-0.39, 0.29) is 17.9 Å². The molecule has 27 heavy (non-hydrogen) atoms. The highest BCUT2D eigenvalue weighted by Gasteiger charge is 2.30. The Hall–Kier alpha value is -2.50. The van der Waals surface area contributed by atoms with Crippen molar-refractivity contribution >= 4 is 22.8 Å². The summed E-state index contributed by atoms with van der Waals surface area (Å²) >= 11 is 0. The molecule has 1 N–H and O–H groups in total. The predicted octanol–water partition coefficient (Wildman–Crippen LogP) is 2.93. The second kappa shape index (κ2) is 8.93. The van der Waals surface area contributed by atoms with Crippen molar-refractivity contribution in [3.63, 3.8) is 0 Å². The zero-order chi connectivity index (χ0) is 19.2. The third kappa shape index (κ3) is 4.43. The van der Waals surface area contributed by atoms with Gasteiger partial charge in [0.15, 0.2) is 0 Å². The summed E-state index contributed by atoms with van der Waals surface area (Å²) in [5, 5.41) is 4.22. The number of urea groups is 1. The molecule has 0 spiro atoms. The van der Waals surface area contributed by atoms with Gasteiger partial charge in [0.05, 0.1) is 5.92 Å². The van der Waals surface area contributed by atoms with Crippen LogP contribution in [-0.2, 0) is 11.3 Å². The minimum atomic E-state index is -0.0715. The molecule has 1 aromatic carbocycles. The molecule has 3 rings (SSSR count). The van der Waals surface area contributed by atoms with Crippen molar-refractivity contribution in [2.24, 2.45) is 5.92 Å². The van der Waals surface area contributed by atoms with Crippen LogP contribution in [-0.4, -0.2) is 59.0 Å². The lowest BCUT2D eigenvalue weighted by molar-refractivity contribution is -0.136. The molecule has 0 aliphatic carbocycles. The first-order valence-electron chi connectivity index (χ1n) is 9.99. The van der Waals surface area contributed by atoms with Crippen LogP contribution in [0.25, 0.3) is 10.9 Å². The number of carbonyl (C=O) groups is 2. The fourth-order valence-corrected chi connectivity index (χ4v) is 3.89. The van der Waals surface area contributed by atoms with Crippen LogP contribution >= 0.6 is 0 Å². The zero-order valence-corrected chi connectivity index (χ0v) is 16.4. The fraction of sp³-hybridized carbons (Fsp3) is 0.524. The number of amides is 3. The first-order chi connectivity index (χ1) is 13.1. The number of para-hydroxylation sites is 1. The Morgan fingerprint density at radius 1 is 1.19 bits per heavy atom. The van der Waals surface area contributed by atoms with Crippen LogP contribution in [0.1, 0.15) is 26.7 Å². The number of rotatable bonds is 6. The summed E-state index contributed by atoms with van der Waals surface area (Å²) in [6.07, 6.45) is 3.80. The number of likely N-dealkylation sites (tertiary alicyclic amines) is 1. The number of nitrogens with one attached hydrogen (secondary N) is 1. The van der Waals surface area contributed by atoms with E-state index in [0.29, 0.717) is 13.1 Å². The van der Waals surface area contributed by atoms with E-state index in [1.807, 2.05) is 30.9 Å². The Morgan fingerprint density at radius 2 is 1.96 bits per heavy atom. The summed E-state index contributed by atoms with van der Waals surface area (Å²) in [6, 6.07) is 10.3. The SMILES string of the molecule is CCN(CC)C(=O)[C@@H]1CCCN(C(=O)NCCn2ccc3ccccc32)C1. The van der Waals surface area contributed by atoms with Gasteiger partial charge < -0.3 is 19.7 Å². The zero-order valence-electron chi connectivity index (χ0n) is 16.4. The average Bonchev–Trinajstić information content (AvgIpc) is 3.12.